The van der Waals surface area contributed by atoms with Crippen LogP contribution in [0.1, 0.15) is 52.0 Å². The molecule has 0 amide bonds. The molecule has 2 aliphatic rings. The number of carbonyl (C=O) groups excluding carboxylic acids is 2. The predicted octanol–water partition coefficient (Wildman–Crippen LogP) is 4.82. The number of rotatable bonds is 7. The Morgan fingerprint density at radius 2 is 1.41 bits per heavy atom. The summed E-state index contributed by atoms with van der Waals surface area (Å²) < 4.78 is 52.2. The zero-order chi connectivity index (χ0) is 23.6. The maximum Gasteiger partial charge on any atom is 0.573 e. The largest absolute Gasteiger partial charge is 0.573 e. The van der Waals surface area contributed by atoms with E-state index in [1.807, 2.05) is 4.90 Å². The number of hydrogen-bond acceptors (Lipinski definition) is 6. The standard InChI is InChI=1S/C23H26F3NO5/c1-5-30-21(28)18-13(3)27(16-9-10-16)14(4)19(22(29)31-6-2)20(18)15-7-11-17(12-8-15)32-23(24,25)26/h7-8,11-12,16,20H,5-6,9-10H2,1-4H3. The first-order valence-electron chi connectivity index (χ1n) is 10.5. The third kappa shape index (κ3) is 4.92. The van der Waals surface area contributed by atoms with Crippen molar-refractivity contribution in [2.24, 2.45) is 0 Å². The smallest absolute Gasteiger partial charge is 0.463 e. The number of hydrogen-bond donors (Lipinski definition) is 0. The van der Waals surface area contributed by atoms with Gasteiger partial charge in [0.25, 0.3) is 0 Å². The molecular weight excluding hydrogens is 427 g/mol. The molecule has 0 unspecified atom stereocenters. The Morgan fingerprint density at radius 3 is 1.78 bits per heavy atom. The van der Waals surface area contributed by atoms with Crippen LogP contribution >= 0.6 is 0 Å². The van der Waals surface area contributed by atoms with Crippen molar-refractivity contribution in [2.75, 3.05) is 13.2 Å². The highest BCUT2D eigenvalue weighted by Gasteiger charge is 2.44. The van der Waals surface area contributed by atoms with E-state index >= 15 is 0 Å². The van der Waals surface area contributed by atoms with Gasteiger partial charge in [0.2, 0.25) is 0 Å². The van der Waals surface area contributed by atoms with Crippen LogP contribution in [0.2, 0.25) is 0 Å². The van der Waals surface area contributed by atoms with Gasteiger partial charge in [0.1, 0.15) is 5.75 Å². The Hall–Kier alpha value is -2.97. The van der Waals surface area contributed by atoms with Crippen molar-refractivity contribution in [3.63, 3.8) is 0 Å². The summed E-state index contributed by atoms with van der Waals surface area (Å²) in [5, 5.41) is 0. The second kappa shape index (κ2) is 9.26. The normalized spacial score (nSPS) is 17.5. The molecule has 0 saturated heterocycles. The summed E-state index contributed by atoms with van der Waals surface area (Å²) in [4.78, 5) is 28.0. The number of allylic oxidation sites excluding steroid dienone is 2. The van der Waals surface area contributed by atoms with E-state index in [0.717, 1.165) is 25.0 Å². The fraction of sp³-hybridized carbons (Fsp3) is 0.478. The van der Waals surface area contributed by atoms with E-state index in [-0.39, 0.29) is 30.4 Å². The maximum atomic E-state index is 13.0. The van der Waals surface area contributed by atoms with Gasteiger partial charge in [-0.15, -0.1) is 13.2 Å². The van der Waals surface area contributed by atoms with Gasteiger partial charge < -0.3 is 19.1 Å². The first-order chi connectivity index (χ1) is 15.1. The topological polar surface area (TPSA) is 65.1 Å². The van der Waals surface area contributed by atoms with Gasteiger partial charge >= 0.3 is 18.3 Å². The van der Waals surface area contributed by atoms with Crippen molar-refractivity contribution in [3.8, 4) is 5.75 Å². The van der Waals surface area contributed by atoms with Crippen LogP contribution in [0.15, 0.2) is 46.8 Å². The molecule has 0 radical (unpaired) electrons. The second-order valence-corrected chi connectivity index (χ2v) is 7.59. The molecular formula is C23H26F3NO5. The minimum Gasteiger partial charge on any atom is -0.463 e. The van der Waals surface area contributed by atoms with Gasteiger partial charge in [0.15, 0.2) is 0 Å². The average Bonchev–Trinajstić information content (AvgIpc) is 3.52. The van der Waals surface area contributed by atoms with Crippen LogP contribution in [0.4, 0.5) is 13.2 Å². The van der Waals surface area contributed by atoms with E-state index in [2.05, 4.69) is 4.74 Å². The van der Waals surface area contributed by atoms with Crippen LogP contribution in [0.5, 0.6) is 5.75 Å². The Kier molecular flexibility index (Phi) is 6.85. The van der Waals surface area contributed by atoms with Gasteiger partial charge in [-0.05, 0) is 58.2 Å². The number of alkyl halides is 3. The summed E-state index contributed by atoms with van der Waals surface area (Å²) in [5.41, 5.74) is 2.34. The number of esters is 2. The molecule has 32 heavy (non-hydrogen) atoms. The summed E-state index contributed by atoms with van der Waals surface area (Å²) in [7, 11) is 0. The molecule has 0 bridgehead atoms. The molecule has 174 valence electrons. The number of halogens is 3. The average molecular weight is 453 g/mol. The molecule has 0 N–H and O–H groups in total. The van der Waals surface area contributed by atoms with Gasteiger partial charge in [-0.25, -0.2) is 9.59 Å². The highest BCUT2D eigenvalue weighted by Crippen LogP contribution is 2.47. The summed E-state index contributed by atoms with van der Waals surface area (Å²) in [6.45, 7) is 7.24. The molecule has 0 aromatic heterocycles. The molecule has 0 atom stereocenters. The molecule has 0 spiro atoms. The van der Waals surface area contributed by atoms with Crippen molar-refractivity contribution in [3.05, 3.63) is 52.4 Å². The van der Waals surface area contributed by atoms with Gasteiger partial charge in [-0.1, -0.05) is 12.1 Å². The van der Waals surface area contributed by atoms with Crippen LogP contribution in [0.25, 0.3) is 0 Å². The van der Waals surface area contributed by atoms with Crippen LogP contribution in [-0.4, -0.2) is 42.5 Å². The van der Waals surface area contributed by atoms with Gasteiger partial charge in [-0.2, -0.15) is 0 Å². The van der Waals surface area contributed by atoms with Gasteiger partial charge in [-0.3, -0.25) is 0 Å². The Morgan fingerprint density at radius 1 is 0.938 bits per heavy atom. The van der Waals surface area contributed by atoms with Crippen LogP contribution in [-0.2, 0) is 19.1 Å². The number of nitrogens with zero attached hydrogens (tertiary/aromatic N) is 1. The summed E-state index contributed by atoms with van der Waals surface area (Å²) in [6, 6.07) is 5.32. The van der Waals surface area contributed by atoms with E-state index < -0.39 is 30.0 Å². The highest BCUT2D eigenvalue weighted by atomic mass is 19.4. The summed E-state index contributed by atoms with van der Waals surface area (Å²) >= 11 is 0. The summed E-state index contributed by atoms with van der Waals surface area (Å²) in [6.07, 6.45) is -2.97. The van der Waals surface area contributed by atoms with Crippen LogP contribution in [0.3, 0.4) is 0 Å². The first kappa shape index (κ1) is 23.7. The Labute approximate surface area is 184 Å². The predicted molar refractivity (Wildman–Crippen MR) is 109 cm³/mol. The minimum absolute atomic E-state index is 0.140. The van der Waals surface area contributed by atoms with E-state index in [9.17, 15) is 22.8 Å². The van der Waals surface area contributed by atoms with Gasteiger partial charge in [0, 0.05) is 17.4 Å². The molecule has 1 aromatic carbocycles. The molecule has 9 heteroatoms. The zero-order valence-electron chi connectivity index (χ0n) is 18.4. The fourth-order valence-corrected chi connectivity index (χ4v) is 4.10. The third-order valence-electron chi connectivity index (χ3n) is 5.43. The molecule has 1 aromatic rings. The lowest BCUT2D eigenvalue weighted by molar-refractivity contribution is -0.274. The number of carbonyl (C=O) groups is 2. The quantitative estimate of drug-likeness (QED) is 0.552. The minimum atomic E-state index is -4.82. The Bertz CT molecular complexity index is 903. The lowest BCUT2D eigenvalue weighted by atomic mass is 9.79. The van der Waals surface area contributed by atoms with Crippen molar-refractivity contribution >= 4 is 11.9 Å². The van der Waals surface area contributed by atoms with E-state index in [1.54, 1.807) is 27.7 Å². The van der Waals surface area contributed by atoms with E-state index in [1.165, 1.54) is 12.1 Å². The number of ether oxygens (including phenoxy) is 3. The van der Waals surface area contributed by atoms with Crippen molar-refractivity contribution < 1.29 is 37.0 Å². The molecule has 1 heterocycles. The molecule has 6 nitrogen and oxygen atoms in total. The molecule has 1 fully saturated rings. The lowest BCUT2D eigenvalue weighted by Gasteiger charge is -2.38. The molecule has 1 aliphatic heterocycles. The fourth-order valence-electron chi connectivity index (χ4n) is 4.10. The summed E-state index contributed by atoms with van der Waals surface area (Å²) in [5.74, 6) is -2.40. The van der Waals surface area contributed by atoms with E-state index in [0.29, 0.717) is 17.0 Å². The van der Waals surface area contributed by atoms with Crippen molar-refractivity contribution in [1.82, 2.24) is 4.90 Å². The zero-order valence-corrected chi connectivity index (χ0v) is 18.4. The van der Waals surface area contributed by atoms with Gasteiger partial charge in [0.05, 0.1) is 30.3 Å². The third-order valence-corrected chi connectivity index (χ3v) is 5.43. The SMILES string of the molecule is CCOC(=O)C1=C(C)N(C2CC2)C(C)=C(C(=O)OCC)C1c1ccc(OC(F)(F)F)cc1. The number of benzene rings is 1. The maximum absolute atomic E-state index is 13.0. The van der Waals surface area contributed by atoms with Crippen LogP contribution in [0, 0.1) is 0 Å². The molecule has 3 rings (SSSR count). The Balaban J connectivity index is 2.14. The lowest BCUT2D eigenvalue weighted by Crippen LogP contribution is -2.36. The second-order valence-electron chi connectivity index (χ2n) is 7.59. The van der Waals surface area contributed by atoms with Crippen LogP contribution < -0.4 is 4.74 Å². The monoisotopic (exact) mass is 453 g/mol. The van der Waals surface area contributed by atoms with Crippen molar-refractivity contribution in [2.45, 2.75) is 58.9 Å². The van der Waals surface area contributed by atoms with E-state index in [4.69, 9.17) is 9.47 Å². The molecule has 1 aliphatic carbocycles. The first-order valence-corrected chi connectivity index (χ1v) is 10.5. The van der Waals surface area contributed by atoms with Crippen molar-refractivity contribution in [1.29, 1.82) is 0 Å². The molecule has 1 saturated carbocycles. The highest BCUT2D eigenvalue weighted by molar-refractivity contribution is 6.00.